The second-order valence-corrected chi connectivity index (χ2v) is 7.09. The van der Waals surface area contributed by atoms with Crippen molar-refractivity contribution in [3.05, 3.63) is 0 Å². The number of hydrogen-bond donors (Lipinski definition) is 1. The van der Waals surface area contributed by atoms with Crippen molar-refractivity contribution in [2.24, 2.45) is 5.92 Å². The molecule has 0 aliphatic carbocycles. The lowest BCUT2D eigenvalue weighted by Crippen LogP contribution is -2.48. The van der Waals surface area contributed by atoms with E-state index in [0.717, 1.165) is 12.0 Å². The van der Waals surface area contributed by atoms with Gasteiger partial charge in [0, 0.05) is 58.4 Å². The van der Waals surface area contributed by atoms with Crippen LogP contribution in [0.25, 0.3) is 0 Å². The number of nitrogens with zero attached hydrogens (tertiary/aromatic N) is 3. The highest BCUT2D eigenvalue weighted by Gasteiger charge is 2.20. The third-order valence-corrected chi connectivity index (χ3v) is 4.59. The van der Waals surface area contributed by atoms with Gasteiger partial charge in [-0.25, -0.2) is 0 Å². The summed E-state index contributed by atoms with van der Waals surface area (Å²) in [4.78, 5) is 7.76. The molecule has 0 spiro atoms. The molecule has 2 aliphatic rings. The van der Waals surface area contributed by atoms with Gasteiger partial charge in [-0.1, -0.05) is 13.8 Å². The van der Waals surface area contributed by atoms with E-state index in [-0.39, 0.29) is 0 Å². The van der Waals surface area contributed by atoms with Crippen molar-refractivity contribution < 1.29 is 0 Å². The van der Waals surface area contributed by atoms with E-state index >= 15 is 0 Å². The van der Waals surface area contributed by atoms with Gasteiger partial charge in [0.15, 0.2) is 0 Å². The molecule has 20 heavy (non-hydrogen) atoms. The van der Waals surface area contributed by atoms with Gasteiger partial charge in [0.2, 0.25) is 0 Å². The van der Waals surface area contributed by atoms with E-state index in [9.17, 15) is 0 Å². The van der Waals surface area contributed by atoms with Crippen LogP contribution in [0, 0.1) is 5.92 Å². The highest BCUT2D eigenvalue weighted by atomic mass is 15.3. The zero-order chi connectivity index (χ0) is 14.4. The summed E-state index contributed by atoms with van der Waals surface area (Å²) in [6.45, 7) is 15.8. The molecule has 0 aromatic heterocycles. The summed E-state index contributed by atoms with van der Waals surface area (Å²) in [5, 5.41) is 3.64. The topological polar surface area (TPSA) is 21.8 Å². The molecule has 1 unspecified atom stereocenters. The van der Waals surface area contributed by atoms with Crippen LogP contribution < -0.4 is 5.32 Å². The molecule has 1 N–H and O–H groups in total. The Bertz CT molecular complexity index is 255. The quantitative estimate of drug-likeness (QED) is 0.750. The summed E-state index contributed by atoms with van der Waals surface area (Å²) in [7, 11) is 2.23. The largest absolute Gasteiger partial charge is 0.313 e. The van der Waals surface area contributed by atoms with E-state index in [1.807, 2.05) is 0 Å². The molecule has 2 aliphatic heterocycles. The first-order valence-electron chi connectivity index (χ1n) is 8.50. The van der Waals surface area contributed by atoms with Crippen LogP contribution in [0.4, 0.5) is 0 Å². The van der Waals surface area contributed by atoms with Crippen LogP contribution in [0.3, 0.4) is 0 Å². The summed E-state index contributed by atoms with van der Waals surface area (Å²) in [5.74, 6) is 0.767. The second kappa shape index (κ2) is 8.32. The first kappa shape index (κ1) is 16.2. The minimum absolute atomic E-state index is 0.737. The van der Waals surface area contributed by atoms with Crippen LogP contribution in [-0.2, 0) is 0 Å². The Labute approximate surface area is 125 Å². The van der Waals surface area contributed by atoms with Gasteiger partial charge in [0.1, 0.15) is 0 Å². The third kappa shape index (κ3) is 5.68. The van der Waals surface area contributed by atoms with Crippen molar-refractivity contribution in [3.63, 3.8) is 0 Å². The van der Waals surface area contributed by atoms with Crippen molar-refractivity contribution in [1.29, 1.82) is 0 Å². The Morgan fingerprint density at radius 1 is 1.20 bits per heavy atom. The Balaban J connectivity index is 1.71. The van der Waals surface area contributed by atoms with Gasteiger partial charge in [-0.05, 0) is 32.4 Å². The Hall–Kier alpha value is -0.160. The van der Waals surface area contributed by atoms with Gasteiger partial charge in [-0.3, -0.25) is 4.90 Å². The SMILES string of the molecule is CC(C)CN(CCN1CCN(C)CC1)CC1CCCN1. The van der Waals surface area contributed by atoms with Crippen molar-refractivity contribution in [1.82, 2.24) is 20.0 Å². The molecule has 0 amide bonds. The maximum Gasteiger partial charge on any atom is 0.0195 e. The summed E-state index contributed by atoms with van der Waals surface area (Å²) in [6, 6.07) is 0.737. The van der Waals surface area contributed by atoms with E-state index in [1.54, 1.807) is 0 Å². The molecule has 2 heterocycles. The Kier molecular flexibility index (Phi) is 6.75. The molecule has 2 rings (SSSR count). The van der Waals surface area contributed by atoms with Gasteiger partial charge >= 0.3 is 0 Å². The highest BCUT2D eigenvalue weighted by molar-refractivity contribution is 4.79. The standard InChI is InChI=1S/C16H34N4/c1-15(2)13-20(14-16-5-4-6-17-16)12-11-19-9-7-18(3)8-10-19/h15-17H,4-14H2,1-3H3. The molecular formula is C16H34N4. The second-order valence-electron chi connectivity index (χ2n) is 7.09. The Morgan fingerprint density at radius 3 is 2.55 bits per heavy atom. The minimum Gasteiger partial charge on any atom is -0.313 e. The van der Waals surface area contributed by atoms with Crippen LogP contribution >= 0.6 is 0 Å². The van der Waals surface area contributed by atoms with Gasteiger partial charge in [-0.15, -0.1) is 0 Å². The van der Waals surface area contributed by atoms with Crippen LogP contribution in [-0.4, -0.2) is 86.7 Å². The van der Waals surface area contributed by atoms with E-state index in [4.69, 9.17) is 0 Å². The average molecular weight is 282 g/mol. The molecule has 2 fully saturated rings. The monoisotopic (exact) mass is 282 g/mol. The van der Waals surface area contributed by atoms with E-state index in [1.165, 1.54) is 71.7 Å². The van der Waals surface area contributed by atoms with Crippen molar-refractivity contribution in [3.8, 4) is 0 Å². The van der Waals surface area contributed by atoms with Crippen molar-refractivity contribution in [2.45, 2.75) is 32.7 Å². The van der Waals surface area contributed by atoms with E-state index in [0.29, 0.717) is 0 Å². The molecule has 1 atom stereocenters. The van der Waals surface area contributed by atoms with Crippen LogP contribution in [0.2, 0.25) is 0 Å². The number of hydrogen-bond acceptors (Lipinski definition) is 4. The highest BCUT2D eigenvalue weighted by Crippen LogP contribution is 2.09. The van der Waals surface area contributed by atoms with Crippen LogP contribution in [0.15, 0.2) is 0 Å². The molecule has 0 aromatic carbocycles. The maximum atomic E-state index is 3.64. The normalized spacial score (nSPS) is 25.9. The maximum absolute atomic E-state index is 3.64. The molecule has 0 saturated carbocycles. The molecule has 118 valence electrons. The third-order valence-electron chi connectivity index (χ3n) is 4.59. The fourth-order valence-electron chi connectivity index (χ4n) is 3.35. The fourth-order valence-corrected chi connectivity index (χ4v) is 3.35. The predicted octanol–water partition coefficient (Wildman–Crippen LogP) is 0.944. The zero-order valence-corrected chi connectivity index (χ0v) is 13.8. The number of nitrogens with one attached hydrogen (secondary N) is 1. The van der Waals surface area contributed by atoms with E-state index < -0.39 is 0 Å². The van der Waals surface area contributed by atoms with Gasteiger partial charge in [0.25, 0.3) is 0 Å². The molecule has 4 heteroatoms. The lowest BCUT2D eigenvalue weighted by atomic mass is 10.1. The number of likely N-dealkylation sites (N-methyl/N-ethyl adjacent to an activating group) is 1. The lowest BCUT2D eigenvalue weighted by Gasteiger charge is -2.35. The summed E-state index contributed by atoms with van der Waals surface area (Å²) in [5.41, 5.74) is 0. The summed E-state index contributed by atoms with van der Waals surface area (Å²) < 4.78 is 0. The first-order valence-corrected chi connectivity index (χ1v) is 8.50. The number of rotatable bonds is 7. The van der Waals surface area contributed by atoms with Crippen molar-refractivity contribution in [2.75, 3.05) is 66.0 Å². The summed E-state index contributed by atoms with van der Waals surface area (Å²) >= 11 is 0. The Morgan fingerprint density at radius 2 is 1.95 bits per heavy atom. The van der Waals surface area contributed by atoms with Gasteiger partial charge in [-0.2, -0.15) is 0 Å². The average Bonchev–Trinajstić information content (AvgIpc) is 2.90. The molecule has 0 aromatic rings. The minimum atomic E-state index is 0.737. The van der Waals surface area contributed by atoms with Crippen LogP contribution in [0.1, 0.15) is 26.7 Å². The molecular weight excluding hydrogens is 248 g/mol. The fraction of sp³-hybridized carbons (Fsp3) is 1.00. The zero-order valence-electron chi connectivity index (χ0n) is 13.8. The van der Waals surface area contributed by atoms with Crippen LogP contribution in [0.5, 0.6) is 0 Å². The predicted molar refractivity (Wildman–Crippen MR) is 86.2 cm³/mol. The lowest BCUT2D eigenvalue weighted by molar-refractivity contribution is 0.128. The van der Waals surface area contributed by atoms with Gasteiger partial charge < -0.3 is 15.1 Å². The molecule has 0 bridgehead atoms. The number of piperazine rings is 1. The van der Waals surface area contributed by atoms with Crippen molar-refractivity contribution >= 4 is 0 Å². The molecule has 0 radical (unpaired) electrons. The smallest absolute Gasteiger partial charge is 0.0195 e. The van der Waals surface area contributed by atoms with E-state index in [2.05, 4.69) is 40.9 Å². The molecule has 4 nitrogen and oxygen atoms in total. The summed E-state index contributed by atoms with van der Waals surface area (Å²) in [6.07, 6.45) is 2.72. The molecule has 2 saturated heterocycles. The first-order chi connectivity index (χ1) is 9.63. The van der Waals surface area contributed by atoms with Gasteiger partial charge in [0.05, 0.1) is 0 Å².